The van der Waals surface area contributed by atoms with Gasteiger partial charge in [-0.05, 0) is 18.6 Å². The minimum absolute atomic E-state index is 0.166. The van der Waals surface area contributed by atoms with Crippen LogP contribution in [0.1, 0.15) is 30.1 Å². The fraction of sp³-hybridized carbons (Fsp3) is 0.333. The second-order valence-corrected chi connectivity index (χ2v) is 3.80. The van der Waals surface area contributed by atoms with Crippen LogP contribution >= 0.6 is 0 Å². The Bertz CT molecular complexity index is 511. The van der Waals surface area contributed by atoms with Gasteiger partial charge in [-0.1, -0.05) is 6.92 Å². The van der Waals surface area contributed by atoms with Crippen LogP contribution in [-0.4, -0.2) is 28.4 Å². The number of ether oxygens (including phenoxy) is 1. The highest BCUT2D eigenvalue weighted by atomic mass is 16.6. The lowest BCUT2D eigenvalue weighted by Gasteiger charge is -2.06. The highest BCUT2D eigenvalue weighted by molar-refractivity contribution is 5.96. The minimum atomic E-state index is -1.24. The van der Waals surface area contributed by atoms with Gasteiger partial charge in [-0.15, -0.1) is 0 Å². The van der Waals surface area contributed by atoms with E-state index >= 15 is 0 Å². The van der Waals surface area contributed by atoms with Gasteiger partial charge in [0.05, 0.1) is 4.92 Å². The quantitative estimate of drug-likeness (QED) is 0.460. The van der Waals surface area contributed by atoms with Crippen LogP contribution in [0.5, 0.6) is 5.75 Å². The summed E-state index contributed by atoms with van der Waals surface area (Å²) in [5, 5.41) is 19.3. The zero-order valence-electron chi connectivity index (χ0n) is 10.3. The van der Waals surface area contributed by atoms with Crippen LogP contribution < -0.4 is 4.74 Å². The number of Topliss-reactive ketones (excluding diaryl/α,β-unsaturated/α-hetero) is 1. The Morgan fingerprint density at radius 2 is 2.11 bits per heavy atom. The molecule has 0 aliphatic rings. The van der Waals surface area contributed by atoms with Crippen molar-refractivity contribution in [1.82, 2.24) is 0 Å². The molecule has 1 aromatic rings. The fourth-order valence-electron chi connectivity index (χ4n) is 1.47. The molecule has 0 bridgehead atoms. The Kier molecular flexibility index (Phi) is 4.99. The summed E-state index contributed by atoms with van der Waals surface area (Å²) >= 11 is 0. The monoisotopic (exact) mass is 267 g/mol. The van der Waals surface area contributed by atoms with Crippen LogP contribution in [0.15, 0.2) is 18.2 Å². The summed E-state index contributed by atoms with van der Waals surface area (Å²) in [5.41, 5.74) is -0.195. The number of ketones is 1. The van der Waals surface area contributed by atoms with Crippen molar-refractivity contribution < 1.29 is 24.4 Å². The first-order valence-corrected chi connectivity index (χ1v) is 5.62. The van der Waals surface area contributed by atoms with Gasteiger partial charge in [0.25, 0.3) is 0 Å². The molecule has 7 heteroatoms. The van der Waals surface area contributed by atoms with E-state index < -0.39 is 23.2 Å². The van der Waals surface area contributed by atoms with E-state index in [0.29, 0.717) is 12.8 Å². The number of nitrogens with zero attached hydrogens (tertiary/aromatic N) is 1. The Morgan fingerprint density at radius 1 is 1.42 bits per heavy atom. The number of nitro benzene ring substituents is 1. The molecule has 0 fully saturated rings. The summed E-state index contributed by atoms with van der Waals surface area (Å²) in [4.78, 5) is 32.2. The Morgan fingerprint density at radius 3 is 2.63 bits per heavy atom. The molecular formula is C12H13NO6. The Balaban J connectivity index is 3.04. The molecule has 0 spiro atoms. The van der Waals surface area contributed by atoms with Crippen LogP contribution in [0.2, 0.25) is 0 Å². The number of rotatable bonds is 7. The molecule has 0 aliphatic carbocycles. The fourth-order valence-corrected chi connectivity index (χ4v) is 1.47. The first-order valence-electron chi connectivity index (χ1n) is 5.62. The van der Waals surface area contributed by atoms with E-state index in [1.165, 1.54) is 12.1 Å². The molecule has 1 aromatic carbocycles. The van der Waals surface area contributed by atoms with Crippen molar-refractivity contribution in [3.63, 3.8) is 0 Å². The molecule has 0 unspecified atom stereocenters. The maximum Gasteiger partial charge on any atom is 0.341 e. The average Bonchev–Trinajstić information content (AvgIpc) is 2.36. The highest BCUT2D eigenvalue weighted by Crippen LogP contribution is 2.28. The molecule has 0 radical (unpaired) electrons. The first-order chi connectivity index (χ1) is 8.95. The van der Waals surface area contributed by atoms with Crippen LogP contribution in [0.3, 0.4) is 0 Å². The lowest BCUT2D eigenvalue weighted by Crippen LogP contribution is -2.11. The van der Waals surface area contributed by atoms with Crippen molar-refractivity contribution in [1.29, 1.82) is 0 Å². The van der Waals surface area contributed by atoms with Gasteiger partial charge in [-0.3, -0.25) is 14.9 Å². The molecule has 0 saturated heterocycles. The number of hydrogen-bond acceptors (Lipinski definition) is 5. The molecule has 0 aliphatic heterocycles. The number of aliphatic carboxylic acids is 1. The predicted molar refractivity (Wildman–Crippen MR) is 65.5 cm³/mol. The van der Waals surface area contributed by atoms with Gasteiger partial charge in [-0.2, -0.15) is 0 Å². The molecule has 0 saturated carbocycles. The maximum atomic E-state index is 11.6. The second kappa shape index (κ2) is 6.48. The zero-order chi connectivity index (χ0) is 14.4. The third kappa shape index (κ3) is 4.06. The van der Waals surface area contributed by atoms with Gasteiger partial charge in [-0.25, -0.2) is 4.79 Å². The van der Waals surface area contributed by atoms with Gasteiger partial charge < -0.3 is 9.84 Å². The summed E-state index contributed by atoms with van der Waals surface area (Å²) in [6, 6.07) is 3.74. The normalized spacial score (nSPS) is 9.95. The third-order valence-electron chi connectivity index (χ3n) is 2.31. The summed E-state index contributed by atoms with van der Waals surface area (Å²) in [6.45, 7) is 1.15. The van der Waals surface area contributed by atoms with E-state index in [9.17, 15) is 19.7 Å². The molecule has 19 heavy (non-hydrogen) atoms. The maximum absolute atomic E-state index is 11.6. The lowest BCUT2D eigenvalue weighted by molar-refractivity contribution is -0.385. The van der Waals surface area contributed by atoms with Crippen LogP contribution in [0.25, 0.3) is 0 Å². The first kappa shape index (κ1) is 14.6. The molecule has 0 atom stereocenters. The molecule has 7 nitrogen and oxygen atoms in total. The van der Waals surface area contributed by atoms with E-state index in [1.807, 2.05) is 6.92 Å². The van der Waals surface area contributed by atoms with Gasteiger partial charge in [0.1, 0.15) is 0 Å². The van der Waals surface area contributed by atoms with E-state index in [1.54, 1.807) is 0 Å². The van der Waals surface area contributed by atoms with E-state index in [2.05, 4.69) is 0 Å². The lowest BCUT2D eigenvalue weighted by atomic mass is 10.1. The summed E-state index contributed by atoms with van der Waals surface area (Å²) in [7, 11) is 0. The molecular weight excluding hydrogens is 254 g/mol. The van der Waals surface area contributed by atoms with Crippen molar-refractivity contribution in [2.24, 2.45) is 0 Å². The van der Waals surface area contributed by atoms with E-state index in [4.69, 9.17) is 9.84 Å². The molecule has 0 aromatic heterocycles. The van der Waals surface area contributed by atoms with Gasteiger partial charge >= 0.3 is 11.7 Å². The summed E-state index contributed by atoms with van der Waals surface area (Å²) in [5.74, 6) is -1.60. The van der Waals surface area contributed by atoms with Crippen molar-refractivity contribution in [2.45, 2.75) is 19.8 Å². The van der Waals surface area contributed by atoms with Crippen LogP contribution in [0, 0.1) is 10.1 Å². The standard InChI is InChI=1S/C12H13NO6/c1-2-3-10(14)8-4-5-11(19-7-12(15)16)9(6-8)13(17)18/h4-6H,2-3,7H2,1H3,(H,15,16). The smallest absolute Gasteiger partial charge is 0.341 e. The van der Waals surface area contributed by atoms with Gasteiger partial charge in [0.15, 0.2) is 18.1 Å². The van der Waals surface area contributed by atoms with Crippen molar-refractivity contribution >= 4 is 17.4 Å². The topological polar surface area (TPSA) is 107 Å². The minimum Gasteiger partial charge on any atom is -0.479 e. The van der Waals surface area contributed by atoms with Crippen LogP contribution in [0.4, 0.5) is 5.69 Å². The molecule has 0 amide bonds. The molecule has 102 valence electrons. The van der Waals surface area contributed by atoms with Crippen molar-refractivity contribution in [3.8, 4) is 5.75 Å². The van der Waals surface area contributed by atoms with Crippen molar-refractivity contribution in [3.05, 3.63) is 33.9 Å². The largest absolute Gasteiger partial charge is 0.479 e. The Labute approximate surface area is 109 Å². The van der Waals surface area contributed by atoms with E-state index in [0.717, 1.165) is 6.07 Å². The molecule has 1 N–H and O–H groups in total. The van der Waals surface area contributed by atoms with Gasteiger partial charge in [0, 0.05) is 18.1 Å². The van der Waals surface area contributed by atoms with Crippen molar-refractivity contribution in [2.75, 3.05) is 6.61 Å². The highest BCUT2D eigenvalue weighted by Gasteiger charge is 2.19. The zero-order valence-corrected chi connectivity index (χ0v) is 10.3. The number of carbonyl (C=O) groups is 2. The number of carbonyl (C=O) groups excluding carboxylic acids is 1. The number of carboxylic acids is 1. The Hall–Kier alpha value is -2.44. The molecule has 1 rings (SSSR count). The average molecular weight is 267 g/mol. The number of hydrogen-bond donors (Lipinski definition) is 1. The second-order valence-electron chi connectivity index (χ2n) is 3.80. The predicted octanol–water partition coefficient (Wildman–Crippen LogP) is 2.04. The van der Waals surface area contributed by atoms with E-state index in [-0.39, 0.29) is 17.1 Å². The molecule has 0 heterocycles. The third-order valence-corrected chi connectivity index (χ3v) is 2.31. The number of nitro groups is 1. The SMILES string of the molecule is CCCC(=O)c1ccc(OCC(=O)O)c([N+](=O)[O-])c1. The summed E-state index contributed by atoms with van der Waals surface area (Å²) < 4.78 is 4.80. The number of carboxylic acid groups (broad SMARTS) is 1. The number of benzene rings is 1. The summed E-state index contributed by atoms with van der Waals surface area (Å²) in [6.07, 6.45) is 0.941. The van der Waals surface area contributed by atoms with Crippen LogP contribution in [-0.2, 0) is 4.79 Å². The van der Waals surface area contributed by atoms with Gasteiger partial charge in [0.2, 0.25) is 0 Å².